The van der Waals surface area contributed by atoms with Crippen LogP contribution in [0.3, 0.4) is 0 Å². The molecule has 0 radical (unpaired) electrons. The van der Waals surface area contributed by atoms with E-state index in [4.69, 9.17) is 0 Å². The van der Waals surface area contributed by atoms with Gasteiger partial charge >= 0.3 is 0 Å². The molecule has 2 rings (SSSR count). The Morgan fingerprint density at radius 2 is 1.63 bits per heavy atom. The van der Waals surface area contributed by atoms with Gasteiger partial charge < -0.3 is 15.5 Å². The summed E-state index contributed by atoms with van der Waals surface area (Å²) in [6, 6.07) is 0. The molecule has 27 heavy (non-hydrogen) atoms. The highest BCUT2D eigenvalue weighted by Gasteiger charge is 2.27. The van der Waals surface area contributed by atoms with E-state index >= 15 is 0 Å². The van der Waals surface area contributed by atoms with Crippen LogP contribution < -0.4 is 10.6 Å². The number of nitrogens with zero attached hydrogens (tertiary/aromatic N) is 4. The highest BCUT2D eigenvalue weighted by atomic mass is 127. The standard InChI is InChI=1S/C19H38N6O.HI/c1-17(26)24-14-12-23(13-15-24)11-8-21-18(20-4)22-16-19(2,3)25-9-6-5-7-10-25;/h5-16H2,1-4H3,(H2,20,21,22);1H. The molecule has 0 aromatic heterocycles. The maximum absolute atomic E-state index is 11.4. The summed E-state index contributed by atoms with van der Waals surface area (Å²) in [6.45, 7) is 15.0. The maximum Gasteiger partial charge on any atom is 0.219 e. The van der Waals surface area contributed by atoms with Gasteiger partial charge in [0.2, 0.25) is 5.91 Å². The molecule has 2 N–H and O–H groups in total. The normalized spacial score (nSPS) is 20.1. The van der Waals surface area contributed by atoms with Crippen molar-refractivity contribution in [3.8, 4) is 0 Å². The Kier molecular flexibility index (Phi) is 10.9. The van der Waals surface area contributed by atoms with Gasteiger partial charge in [-0.3, -0.25) is 19.6 Å². The summed E-state index contributed by atoms with van der Waals surface area (Å²) >= 11 is 0. The molecule has 2 aliphatic rings. The monoisotopic (exact) mass is 494 g/mol. The second-order valence-corrected chi connectivity index (χ2v) is 8.06. The third kappa shape index (κ3) is 8.11. The molecule has 0 unspecified atom stereocenters. The fraction of sp³-hybridized carbons (Fsp3) is 0.895. The van der Waals surface area contributed by atoms with E-state index < -0.39 is 0 Å². The molecule has 1 amide bonds. The van der Waals surface area contributed by atoms with E-state index in [9.17, 15) is 4.79 Å². The number of amides is 1. The van der Waals surface area contributed by atoms with Crippen LogP contribution in [0, 0.1) is 0 Å². The molecule has 0 aliphatic carbocycles. The van der Waals surface area contributed by atoms with Gasteiger partial charge in [-0.2, -0.15) is 0 Å². The molecule has 2 heterocycles. The molecule has 2 aliphatic heterocycles. The summed E-state index contributed by atoms with van der Waals surface area (Å²) in [5, 5.41) is 6.92. The van der Waals surface area contributed by atoms with Crippen molar-refractivity contribution in [3.05, 3.63) is 0 Å². The number of aliphatic imine (C=N–C) groups is 1. The van der Waals surface area contributed by atoms with Gasteiger partial charge in [-0.05, 0) is 39.8 Å². The van der Waals surface area contributed by atoms with Gasteiger partial charge in [0, 0.05) is 65.3 Å². The van der Waals surface area contributed by atoms with Crippen LogP contribution >= 0.6 is 24.0 Å². The summed E-state index contributed by atoms with van der Waals surface area (Å²) in [7, 11) is 1.83. The van der Waals surface area contributed by atoms with Crippen molar-refractivity contribution in [3.63, 3.8) is 0 Å². The first-order valence-electron chi connectivity index (χ1n) is 10.1. The number of carbonyl (C=O) groups excluding carboxylic acids is 1. The average molecular weight is 494 g/mol. The van der Waals surface area contributed by atoms with Gasteiger partial charge in [-0.15, -0.1) is 24.0 Å². The quantitative estimate of drug-likeness (QED) is 0.330. The number of guanidine groups is 1. The second kappa shape index (κ2) is 12.1. The summed E-state index contributed by atoms with van der Waals surface area (Å²) in [5.41, 5.74) is 0.140. The summed E-state index contributed by atoms with van der Waals surface area (Å²) in [5.74, 6) is 1.06. The first-order chi connectivity index (χ1) is 12.4. The lowest BCUT2D eigenvalue weighted by molar-refractivity contribution is -0.130. The van der Waals surface area contributed by atoms with E-state index in [1.54, 1.807) is 6.92 Å². The van der Waals surface area contributed by atoms with Crippen molar-refractivity contribution in [1.29, 1.82) is 0 Å². The summed E-state index contributed by atoms with van der Waals surface area (Å²) in [6.07, 6.45) is 3.99. The topological polar surface area (TPSA) is 63.2 Å². The van der Waals surface area contributed by atoms with E-state index in [2.05, 4.69) is 39.3 Å². The number of halogens is 1. The van der Waals surface area contributed by atoms with Gasteiger partial charge in [0.15, 0.2) is 5.96 Å². The number of likely N-dealkylation sites (tertiary alicyclic amines) is 1. The van der Waals surface area contributed by atoms with E-state index in [1.165, 1.54) is 32.4 Å². The first kappa shape index (κ1) is 24.4. The largest absolute Gasteiger partial charge is 0.355 e. The minimum Gasteiger partial charge on any atom is -0.355 e. The number of piperidine rings is 1. The van der Waals surface area contributed by atoms with Gasteiger partial charge in [0.25, 0.3) is 0 Å². The van der Waals surface area contributed by atoms with Crippen LogP contribution in [0.1, 0.15) is 40.0 Å². The predicted molar refractivity (Wildman–Crippen MR) is 123 cm³/mol. The number of hydrogen-bond donors (Lipinski definition) is 2. The van der Waals surface area contributed by atoms with Crippen LogP contribution in [-0.2, 0) is 4.79 Å². The zero-order chi connectivity index (χ0) is 19.0. The highest BCUT2D eigenvalue weighted by molar-refractivity contribution is 14.0. The molecule has 0 atom stereocenters. The Labute approximate surface area is 182 Å². The Morgan fingerprint density at radius 3 is 2.19 bits per heavy atom. The molecule has 0 bridgehead atoms. The zero-order valence-corrected chi connectivity index (χ0v) is 19.9. The van der Waals surface area contributed by atoms with Crippen molar-refractivity contribution in [2.24, 2.45) is 4.99 Å². The van der Waals surface area contributed by atoms with Crippen molar-refractivity contribution in [1.82, 2.24) is 25.3 Å². The molecule has 0 spiro atoms. The lowest BCUT2D eigenvalue weighted by Gasteiger charge is -2.41. The highest BCUT2D eigenvalue weighted by Crippen LogP contribution is 2.19. The third-order valence-corrected chi connectivity index (χ3v) is 5.66. The van der Waals surface area contributed by atoms with Crippen LogP contribution in [0.5, 0.6) is 0 Å². The van der Waals surface area contributed by atoms with Gasteiger partial charge in [0.05, 0.1) is 0 Å². The van der Waals surface area contributed by atoms with Crippen molar-refractivity contribution >= 4 is 35.8 Å². The molecule has 2 saturated heterocycles. The van der Waals surface area contributed by atoms with Gasteiger partial charge in [-0.1, -0.05) is 6.42 Å². The maximum atomic E-state index is 11.4. The Hall–Kier alpha value is -0.610. The van der Waals surface area contributed by atoms with Crippen molar-refractivity contribution in [2.45, 2.75) is 45.6 Å². The summed E-state index contributed by atoms with van der Waals surface area (Å²) in [4.78, 5) is 22.7. The van der Waals surface area contributed by atoms with E-state index in [-0.39, 0.29) is 35.4 Å². The first-order valence-corrected chi connectivity index (χ1v) is 10.1. The van der Waals surface area contributed by atoms with E-state index in [0.717, 1.165) is 51.8 Å². The Bertz CT molecular complexity index is 471. The van der Waals surface area contributed by atoms with E-state index in [1.807, 2.05) is 11.9 Å². The molecule has 2 fully saturated rings. The Morgan fingerprint density at radius 1 is 1.00 bits per heavy atom. The number of rotatable bonds is 6. The summed E-state index contributed by atoms with van der Waals surface area (Å²) < 4.78 is 0. The molecule has 7 nitrogen and oxygen atoms in total. The van der Waals surface area contributed by atoms with Crippen molar-refractivity contribution in [2.75, 3.05) is 66.0 Å². The lowest BCUT2D eigenvalue weighted by Crippen LogP contribution is -2.55. The van der Waals surface area contributed by atoms with E-state index in [0.29, 0.717) is 0 Å². The fourth-order valence-corrected chi connectivity index (χ4v) is 3.75. The van der Waals surface area contributed by atoms with Crippen LogP contribution in [0.25, 0.3) is 0 Å². The SMILES string of the molecule is CN=C(NCCN1CCN(C(C)=O)CC1)NCC(C)(C)N1CCCCC1.I. The van der Waals surface area contributed by atoms with Crippen LogP contribution in [0.2, 0.25) is 0 Å². The molecule has 0 saturated carbocycles. The number of carbonyl (C=O) groups is 1. The average Bonchev–Trinajstić information content (AvgIpc) is 2.65. The molecular weight excluding hydrogens is 455 g/mol. The molecule has 0 aromatic carbocycles. The molecule has 0 aromatic rings. The van der Waals surface area contributed by atoms with Crippen LogP contribution in [-0.4, -0.2) is 98.1 Å². The van der Waals surface area contributed by atoms with Gasteiger partial charge in [0.1, 0.15) is 0 Å². The van der Waals surface area contributed by atoms with Gasteiger partial charge in [-0.25, -0.2) is 0 Å². The van der Waals surface area contributed by atoms with Crippen LogP contribution in [0.15, 0.2) is 4.99 Å². The minimum absolute atomic E-state index is 0. The lowest BCUT2D eigenvalue weighted by atomic mass is 9.98. The predicted octanol–water partition coefficient (Wildman–Crippen LogP) is 1.20. The fourth-order valence-electron chi connectivity index (χ4n) is 3.75. The number of hydrogen-bond acceptors (Lipinski definition) is 4. The smallest absolute Gasteiger partial charge is 0.219 e. The molecule has 8 heteroatoms. The van der Waals surface area contributed by atoms with Crippen LogP contribution in [0.4, 0.5) is 0 Å². The Balaban J connectivity index is 0.00000364. The molecular formula is C19H39IN6O. The zero-order valence-electron chi connectivity index (χ0n) is 17.6. The number of nitrogens with one attached hydrogen (secondary N) is 2. The third-order valence-electron chi connectivity index (χ3n) is 5.66. The number of piperazine rings is 1. The molecule has 158 valence electrons. The van der Waals surface area contributed by atoms with Crippen molar-refractivity contribution < 1.29 is 4.79 Å². The minimum atomic E-state index is 0. The second-order valence-electron chi connectivity index (χ2n) is 8.06.